The van der Waals surface area contributed by atoms with Crippen molar-refractivity contribution in [1.29, 1.82) is 0 Å². The molecule has 1 unspecified atom stereocenters. The summed E-state index contributed by atoms with van der Waals surface area (Å²) in [5.74, 6) is 0.511. The first-order valence-corrected chi connectivity index (χ1v) is 7.81. The number of rotatable bonds is 9. The molecular formula is C16H27N3O2. The Hall–Kier alpha value is -1.78. The van der Waals surface area contributed by atoms with Crippen LogP contribution in [0.25, 0.3) is 0 Å². The van der Waals surface area contributed by atoms with E-state index in [1.165, 1.54) is 0 Å². The Kier molecular flexibility index (Phi) is 6.99. The van der Waals surface area contributed by atoms with Gasteiger partial charge in [0.15, 0.2) is 0 Å². The number of nitrogens with zero attached hydrogens (tertiary/aromatic N) is 2. The van der Waals surface area contributed by atoms with Gasteiger partial charge in [-0.05, 0) is 31.4 Å². The SMILES string of the molecule is CCCNc1cccc(N(CC)CC(C)CC)c1[N+](=O)[O-]. The molecule has 0 aliphatic rings. The molecule has 1 N–H and O–H groups in total. The molecule has 0 aromatic heterocycles. The zero-order valence-electron chi connectivity index (χ0n) is 13.6. The molecule has 0 radical (unpaired) electrons. The highest BCUT2D eigenvalue weighted by atomic mass is 16.6. The molecule has 0 saturated carbocycles. The van der Waals surface area contributed by atoms with Crippen molar-refractivity contribution >= 4 is 17.1 Å². The number of hydrogen-bond donors (Lipinski definition) is 1. The molecule has 0 heterocycles. The van der Waals surface area contributed by atoms with Gasteiger partial charge in [0.2, 0.25) is 0 Å². The van der Waals surface area contributed by atoms with Gasteiger partial charge < -0.3 is 10.2 Å². The molecular weight excluding hydrogens is 266 g/mol. The minimum Gasteiger partial charge on any atom is -0.379 e. The van der Waals surface area contributed by atoms with Gasteiger partial charge in [0.1, 0.15) is 11.4 Å². The third-order valence-electron chi connectivity index (χ3n) is 3.71. The molecule has 0 fully saturated rings. The smallest absolute Gasteiger partial charge is 0.315 e. The first kappa shape index (κ1) is 17.3. The molecule has 0 saturated heterocycles. The summed E-state index contributed by atoms with van der Waals surface area (Å²) in [5, 5.41) is 14.7. The number of benzene rings is 1. The molecule has 118 valence electrons. The van der Waals surface area contributed by atoms with E-state index in [2.05, 4.69) is 24.1 Å². The van der Waals surface area contributed by atoms with Crippen LogP contribution in [0.5, 0.6) is 0 Å². The summed E-state index contributed by atoms with van der Waals surface area (Å²) in [4.78, 5) is 13.3. The average Bonchev–Trinajstić information content (AvgIpc) is 2.49. The van der Waals surface area contributed by atoms with Crippen molar-refractivity contribution in [2.75, 3.05) is 29.9 Å². The third kappa shape index (κ3) is 4.62. The van der Waals surface area contributed by atoms with Gasteiger partial charge in [-0.3, -0.25) is 10.1 Å². The second kappa shape index (κ2) is 8.49. The molecule has 0 bridgehead atoms. The highest BCUT2D eigenvalue weighted by Gasteiger charge is 2.23. The predicted octanol–water partition coefficient (Wildman–Crippen LogP) is 4.29. The van der Waals surface area contributed by atoms with Gasteiger partial charge in [-0.1, -0.05) is 33.3 Å². The topological polar surface area (TPSA) is 58.4 Å². The fourth-order valence-corrected chi connectivity index (χ4v) is 2.28. The van der Waals surface area contributed by atoms with E-state index in [9.17, 15) is 10.1 Å². The Balaban J connectivity index is 3.16. The Morgan fingerprint density at radius 3 is 2.57 bits per heavy atom. The summed E-state index contributed by atoms with van der Waals surface area (Å²) in [7, 11) is 0. The van der Waals surface area contributed by atoms with E-state index < -0.39 is 0 Å². The molecule has 5 nitrogen and oxygen atoms in total. The first-order chi connectivity index (χ1) is 10.0. The van der Waals surface area contributed by atoms with E-state index in [-0.39, 0.29) is 10.6 Å². The van der Waals surface area contributed by atoms with E-state index in [1.807, 2.05) is 26.0 Å². The summed E-state index contributed by atoms with van der Waals surface area (Å²) >= 11 is 0. The first-order valence-electron chi connectivity index (χ1n) is 7.81. The maximum atomic E-state index is 11.5. The second-order valence-corrected chi connectivity index (χ2v) is 5.41. The van der Waals surface area contributed by atoms with Crippen LogP contribution in [0.2, 0.25) is 0 Å². The summed E-state index contributed by atoms with van der Waals surface area (Å²) < 4.78 is 0. The highest BCUT2D eigenvalue weighted by Crippen LogP contribution is 2.35. The minimum atomic E-state index is -0.271. The molecule has 5 heteroatoms. The van der Waals surface area contributed by atoms with Gasteiger partial charge in [0.05, 0.1) is 4.92 Å². The average molecular weight is 293 g/mol. The standard InChI is InChI=1S/C16H27N3O2/c1-5-11-17-14-9-8-10-15(16(14)19(20)21)18(7-3)12-13(4)6-2/h8-10,13,17H,5-7,11-12H2,1-4H3. The van der Waals surface area contributed by atoms with Crippen molar-refractivity contribution in [3.8, 4) is 0 Å². The fourth-order valence-electron chi connectivity index (χ4n) is 2.28. The monoisotopic (exact) mass is 293 g/mol. The van der Waals surface area contributed by atoms with Crippen LogP contribution in [-0.2, 0) is 0 Å². The lowest BCUT2D eigenvalue weighted by Gasteiger charge is -2.26. The zero-order chi connectivity index (χ0) is 15.8. The Morgan fingerprint density at radius 2 is 2.05 bits per heavy atom. The molecule has 21 heavy (non-hydrogen) atoms. The lowest BCUT2D eigenvalue weighted by Crippen LogP contribution is -2.28. The van der Waals surface area contributed by atoms with Crippen LogP contribution in [-0.4, -0.2) is 24.6 Å². The number of para-hydroxylation sites is 1. The zero-order valence-corrected chi connectivity index (χ0v) is 13.6. The van der Waals surface area contributed by atoms with E-state index in [1.54, 1.807) is 6.07 Å². The normalized spacial score (nSPS) is 12.0. The Bertz CT molecular complexity index is 463. The van der Waals surface area contributed by atoms with Gasteiger partial charge in [-0.15, -0.1) is 0 Å². The van der Waals surface area contributed by atoms with Gasteiger partial charge in [-0.2, -0.15) is 0 Å². The molecule has 1 atom stereocenters. The summed E-state index contributed by atoms with van der Waals surface area (Å²) in [6.07, 6.45) is 2.00. The quantitative estimate of drug-likeness (QED) is 0.545. The second-order valence-electron chi connectivity index (χ2n) is 5.41. The fraction of sp³-hybridized carbons (Fsp3) is 0.625. The summed E-state index contributed by atoms with van der Waals surface area (Å²) in [5.41, 5.74) is 1.52. The largest absolute Gasteiger partial charge is 0.379 e. The van der Waals surface area contributed by atoms with Gasteiger partial charge >= 0.3 is 5.69 Å². The Labute approximate surface area is 127 Å². The van der Waals surface area contributed by atoms with Crippen LogP contribution >= 0.6 is 0 Å². The summed E-state index contributed by atoms with van der Waals surface area (Å²) in [6.45, 7) is 10.7. The van der Waals surface area contributed by atoms with Crippen LogP contribution in [0.15, 0.2) is 18.2 Å². The number of anilines is 2. The number of nitro benzene ring substituents is 1. The molecule has 0 amide bonds. The third-order valence-corrected chi connectivity index (χ3v) is 3.71. The van der Waals surface area contributed by atoms with Crippen molar-refractivity contribution in [2.24, 2.45) is 5.92 Å². The van der Waals surface area contributed by atoms with Crippen molar-refractivity contribution < 1.29 is 4.92 Å². The van der Waals surface area contributed by atoms with E-state index in [0.29, 0.717) is 17.3 Å². The van der Waals surface area contributed by atoms with E-state index in [0.717, 1.165) is 32.5 Å². The van der Waals surface area contributed by atoms with Gasteiger partial charge in [0.25, 0.3) is 0 Å². The van der Waals surface area contributed by atoms with E-state index >= 15 is 0 Å². The van der Waals surface area contributed by atoms with Crippen LogP contribution < -0.4 is 10.2 Å². The van der Waals surface area contributed by atoms with Crippen molar-refractivity contribution in [3.05, 3.63) is 28.3 Å². The lowest BCUT2D eigenvalue weighted by molar-refractivity contribution is -0.383. The van der Waals surface area contributed by atoms with Crippen molar-refractivity contribution in [2.45, 2.75) is 40.5 Å². The van der Waals surface area contributed by atoms with E-state index in [4.69, 9.17) is 0 Å². The van der Waals surface area contributed by atoms with Gasteiger partial charge in [0, 0.05) is 19.6 Å². The van der Waals surface area contributed by atoms with Crippen LogP contribution in [0.3, 0.4) is 0 Å². The minimum absolute atomic E-state index is 0.191. The van der Waals surface area contributed by atoms with Gasteiger partial charge in [-0.25, -0.2) is 0 Å². The molecule has 0 aliphatic heterocycles. The van der Waals surface area contributed by atoms with Crippen molar-refractivity contribution in [1.82, 2.24) is 0 Å². The van der Waals surface area contributed by atoms with Crippen LogP contribution in [0.4, 0.5) is 17.1 Å². The van der Waals surface area contributed by atoms with Crippen LogP contribution in [0, 0.1) is 16.0 Å². The molecule has 1 aromatic rings. The lowest BCUT2D eigenvalue weighted by atomic mass is 10.1. The summed E-state index contributed by atoms with van der Waals surface area (Å²) in [6, 6.07) is 5.52. The molecule has 0 spiro atoms. The van der Waals surface area contributed by atoms with Crippen molar-refractivity contribution in [3.63, 3.8) is 0 Å². The number of nitrogens with one attached hydrogen (secondary N) is 1. The highest BCUT2D eigenvalue weighted by molar-refractivity contribution is 5.77. The number of hydrogen-bond acceptors (Lipinski definition) is 4. The molecule has 0 aliphatic carbocycles. The maximum Gasteiger partial charge on any atom is 0.315 e. The maximum absolute atomic E-state index is 11.5. The molecule has 1 aromatic carbocycles. The molecule has 1 rings (SSSR count). The predicted molar refractivity (Wildman–Crippen MR) is 89.2 cm³/mol. The number of nitro groups is 1. The Morgan fingerprint density at radius 1 is 1.33 bits per heavy atom. The van der Waals surface area contributed by atoms with Crippen LogP contribution in [0.1, 0.15) is 40.5 Å².